The van der Waals surface area contributed by atoms with Gasteiger partial charge < -0.3 is 14.7 Å². The highest BCUT2D eigenvalue weighted by Gasteiger charge is 2.55. The Bertz CT molecular complexity index is 1280. The molecule has 4 fully saturated rings. The maximum atomic E-state index is 12.6. The van der Waals surface area contributed by atoms with Gasteiger partial charge in [-0.15, -0.1) is 0 Å². The first kappa shape index (κ1) is 23.5. The largest absolute Gasteiger partial charge is 0.381 e. The van der Waals surface area contributed by atoms with Crippen LogP contribution in [0.25, 0.3) is 11.4 Å². The molecule has 7 rings (SSSR count). The standard InChI is InChI=1S/C30H37N5O2/c1-29(18-34(2)19-29)30(36,24-7-5-21(6-8-24)20-3-4-20)25-15-23(16-31-17-25)27-32-28(22-11-13-37-14-12-22)35(33-27)26-9-10-26/h5-8,15-17,20,22,26,36H,3-4,9-14,18-19H2,1-2H3/t30-/m0/s1. The van der Waals surface area contributed by atoms with Crippen LogP contribution >= 0.6 is 0 Å². The molecule has 1 aromatic carbocycles. The molecule has 0 amide bonds. The second kappa shape index (κ2) is 8.72. The van der Waals surface area contributed by atoms with E-state index in [2.05, 4.69) is 58.9 Å². The maximum Gasteiger partial charge on any atom is 0.182 e. The van der Waals surface area contributed by atoms with E-state index in [1.807, 2.05) is 12.4 Å². The van der Waals surface area contributed by atoms with Gasteiger partial charge in [0.2, 0.25) is 0 Å². The first-order valence-corrected chi connectivity index (χ1v) is 14.0. The van der Waals surface area contributed by atoms with E-state index in [0.717, 1.165) is 61.7 Å². The van der Waals surface area contributed by atoms with E-state index in [0.29, 0.717) is 23.7 Å². The van der Waals surface area contributed by atoms with Crippen molar-refractivity contribution in [2.24, 2.45) is 5.41 Å². The maximum absolute atomic E-state index is 12.6. The fourth-order valence-corrected chi connectivity index (χ4v) is 6.69. The third-order valence-electron chi connectivity index (χ3n) is 9.04. The molecule has 1 atom stereocenters. The van der Waals surface area contributed by atoms with Gasteiger partial charge in [-0.1, -0.05) is 31.2 Å². The molecule has 2 aromatic heterocycles. The number of ether oxygens (including phenoxy) is 1. The number of pyridine rings is 1. The molecule has 0 radical (unpaired) electrons. The van der Waals surface area contributed by atoms with E-state index < -0.39 is 5.60 Å². The van der Waals surface area contributed by atoms with Crippen LogP contribution in [0.4, 0.5) is 0 Å². The van der Waals surface area contributed by atoms with Crippen molar-refractivity contribution in [1.29, 1.82) is 0 Å². The topological polar surface area (TPSA) is 76.3 Å². The summed E-state index contributed by atoms with van der Waals surface area (Å²) in [5.74, 6) is 2.88. The van der Waals surface area contributed by atoms with Crippen molar-refractivity contribution in [2.75, 3.05) is 33.4 Å². The van der Waals surface area contributed by atoms with Crippen molar-refractivity contribution in [3.63, 3.8) is 0 Å². The first-order chi connectivity index (χ1) is 17.9. The van der Waals surface area contributed by atoms with Crippen LogP contribution in [0.1, 0.15) is 85.8 Å². The number of hydrogen-bond donors (Lipinski definition) is 1. The zero-order chi connectivity index (χ0) is 25.2. The van der Waals surface area contributed by atoms with Crippen molar-refractivity contribution in [3.8, 4) is 11.4 Å². The summed E-state index contributed by atoms with van der Waals surface area (Å²) in [5.41, 5.74) is 2.52. The molecule has 2 saturated carbocycles. The van der Waals surface area contributed by atoms with Gasteiger partial charge in [0.05, 0.1) is 6.04 Å². The minimum absolute atomic E-state index is 0.322. The normalized spacial score (nSPS) is 24.0. The van der Waals surface area contributed by atoms with Gasteiger partial charge in [-0.05, 0) is 68.7 Å². The lowest BCUT2D eigenvalue weighted by atomic mass is 9.62. The number of hydrogen-bond acceptors (Lipinski definition) is 6. The van der Waals surface area contributed by atoms with Gasteiger partial charge in [-0.2, -0.15) is 5.10 Å². The highest BCUT2D eigenvalue weighted by atomic mass is 16.5. The number of aliphatic hydroxyl groups is 1. The summed E-state index contributed by atoms with van der Waals surface area (Å²) < 4.78 is 7.77. The summed E-state index contributed by atoms with van der Waals surface area (Å²) in [7, 11) is 2.11. The van der Waals surface area contributed by atoms with Gasteiger partial charge in [0.15, 0.2) is 5.82 Å². The number of aromatic nitrogens is 4. The summed E-state index contributed by atoms with van der Waals surface area (Å²) in [6, 6.07) is 11.2. The minimum Gasteiger partial charge on any atom is -0.381 e. The molecule has 37 heavy (non-hydrogen) atoms. The highest BCUT2D eigenvalue weighted by Crippen LogP contribution is 2.51. The Labute approximate surface area is 218 Å². The van der Waals surface area contributed by atoms with Gasteiger partial charge >= 0.3 is 0 Å². The quantitative estimate of drug-likeness (QED) is 0.511. The molecule has 0 spiro atoms. The lowest BCUT2D eigenvalue weighted by molar-refractivity contribution is -0.127. The van der Waals surface area contributed by atoms with Gasteiger partial charge in [-0.3, -0.25) is 4.98 Å². The molecule has 1 N–H and O–H groups in total. The molecule has 2 aliphatic heterocycles. The second-order valence-corrected chi connectivity index (χ2v) is 12.2. The van der Waals surface area contributed by atoms with Crippen LogP contribution in [0.2, 0.25) is 0 Å². The predicted molar refractivity (Wildman–Crippen MR) is 141 cm³/mol. The second-order valence-electron chi connectivity index (χ2n) is 12.2. The van der Waals surface area contributed by atoms with Crippen LogP contribution in [0.5, 0.6) is 0 Å². The Kier molecular flexibility index (Phi) is 5.54. The predicted octanol–water partition coefficient (Wildman–Crippen LogP) is 4.63. The highest BCUT2D eigenvalue weighted by molar-refractivity contribution is 5.56. The van der Waals surface area contributed by atoms with Crippen molar-refractivity contribution >= 4 is 0 Å². The Morgan fingerprint density at radius 3 is 2.32 bits per heavy atom. The van der Waals surface area contributed by atoms with E-state index in [4.69, 9.17) is 14.8 Å². The van der Waals surface area contributed by atoms with E-state index >= 15 is 0 Å². The Balaban J connectivity index is 1.28. The number of nitrogens with zero attached hydrogens (tertiary/aromatic N) is 5. The zero-order valence-corrected chi connectivity index (χ0v) is 21.9. The number of benzene rings is 1. The fraction of sp³-hybridized carbons (Fsp3) is 0.567. The van der Waals surface area contributed by atoms with Gasteiger partial charge in [-0.25, -0.2) is 9.67 Å². The van der Waals surface area contributed by atoms with Gasteiger partial charge in [0, 0.05) is 61.2 Å². The monoisotopic (exact) mass is 499 g/mol. The zero-order valence-electron chi connectivity index (χ0n) is 21.9. The summed E-state index contributed by atoms with van der Waals surface area (Å²) in [6.45, 7) is 5.40. The Hall–Kier alpha value is -2.61. The minimum atomic E-state index is -1.16. The molecule has 2 aliphatic carbocycles. The summed E-state index contributed by atoms with van der Waals surface area (Å²) in [6.07, 6.45) is 10.5. The Morgan fingerprint density at radius 1 is 0.946 bits per heavy atom. The molecular formula is C30H37N5O2. The molecule has 0 unspecified atom stereocenters. The lowest BCUT2D eigenvalue weighted by Crippen LogP contribution is -2.63. The van der Waals surface area contributed by atoms with Crippen LogP contribution in [0, 0.1) is 5.41 Å². The molecule has 4 aliphatic rings. The van der Waals surface area contributed by atoms with E-state index in [1.54, 1.807) is 0 Å². The fourth-order valence-electron chi connectivity index (χ4n) is 6.69. The molecule has 7 heteroatoms. The van der Waals surface area contributed by atoms with E-state index in [1.165, 1.54) is 31.2 Å². The van der Waals surface area contributed by atoms with E-state index in [9.17, 15) is 5.11 Å². The molecule has 2 saturated heterocycles. The Morgan fingerprint density at radius 2 is 1.68 bits per heavy atom. The first-order valence-electron chi connectivity index (χ1n) is 14.0. The van der Waals surface area contributed by atoms with Crippen molar-refractivity contribution in [1.82, 2.24) is 24.6 Å². The third-order valence-corrected chi connectivity index (χ3v) is 9.04. The van der Waals surface area contributed by atoms with Crippen LogP contribution in [0.3, 0.4) is 0 Å². The van der Waals surface area contributed by atoms with Crippen molar-refractivity contribution in [2.45, 2.75) is 68.9 Å². The molecule has 7 nitrogen and oxygen atoms in total. The third kappa shape index (κ3) is 4.03. The van der Waals surface area contributed by atoms with Crippen LogP contribution in [0.15, 0.2) is 42.7 Å². The van der Waals surface area contributed by atoms with Crippen molar-refractivity contribution < 1.29 is 9.84 Å². The summed E-state index contributed by atoms with van der Waals surface area (Å²) in [5, 5.41) is 17.6. The van der Waals surface area contributed by atoms with Crippen LogP contribution in [-0.2, 0) is 10.3 Å². The van der Waals surface area contributed by atoms with Crippen molar-refractivity contribution in [3.05, 3.63) is 65.2 Å². The average molecular weight is 500 g/mol. The SMILES string of the molecule is CN1CC(C)([C@](O)(c2ccc(C3CC3)cc2)c2cncc(-c3nc(C4CCOCC4)n(C4CC4)n3)c2)C1. The number of rotatable bonds is 7. The van der Waals surface area contributed by atoms with E-state index in [-0.39, 0.29) is 5.41 Å². The smallest absolute Gasteiger partial charge is 0.182 e. The molecule has 0 bridgehead atoms. The molecular weight excluding hydrogens is 462 g/mol. The summed E-state index contributed by atoms with van der Waals surface area (Å²) in [4.78, 5) is 12.0. The van der Waals surface area contributed by atoms with Gasteiger partial charge in [0.1, 0.15) is 11.4 Å². The number of likely N-dealkylation sites (tertiary alicyclic amines) is 1. The summed E-state index contributed by atoms with van der Waals surface area (Å²) >= 11 is 0. The van der Waals surface area contributed by atoms with Crippen LogP contribution in [-0.4, -0.2) is 63.1 Å². The molecule has 4 heterocycles. The molecule has 194 valence electrons. The van der Waals surface area contributed by atoms with Crippen LogP contribution < -0.4 is 0 Å². The molecule has 3 aromatic rings. The van der Waals surface area contributed by atoms with Gasteiger partial charge in [0.25, 0.3) is 0 Å². The lowest BCUT2D eigenvalue weighted by Gasteiger charge is -2.55. The average Bonchev–Trinajstić information content (AvgIpc) is 3.86.